The summed E-state index contributed by atoms with van der Waals surface area (Å²) in [6.45, 7) is 18.0. The zero-order chi connectivity index (χ0) is 49.1. The first-order valence-corrected chi connectivity index (χ1v) is 24.5. The Morgan fingerprint density at radius 2 is 1.52 bits per heavy atom. The van der Waals surface area contributed by atoms with Crippen molar-refractivity contribution in [2.45, 2.75) is 203 Å². The van der Waals surface area contributed by atoms with Crippen molar-refractivity contribution in [1.29, 1.82) is 0 Å². The maximum Gasteiger partial charge on any atom is 0.311 e. The van der Waals surface area contributed by atoms with Crippen molar-refractivity contribution in [1.82, 2.24) is 9.62 Å². The SMILES string of the molecule is CCC(=O)Nc1ccc(S(=O)(=O)N[C@@H]2[C@H](C)[C@H](O)[C@](C)(O)[C@@H](CC)OC(=O)[C@H](C)[C@@H](O[C@H]3C[C@@](C)(OC)[C@@H](O)[C@H](C)O3)[C@@H](C)[C@@H](O[C@@H]3O[C@H](C)C[C@H](N(C)C)[C@H]3O)[C@](C)(O)C[C@H]2C)cc1. The van der Waals surface area contributed by atoms with Crippen molar-refractivity contribution in [2.75, 3.05) is 26.5 Å². The predicted molar refractivity (Wildman–Crippen MR) is 241 cm³/mol. The minimum absolute atomic E-state index is 0.0414. The molecule has 3 aliphatic heterocycles. The summed E-state index contributed by atoms with van der Waals surface area (Å²) in [5, 5.41) is 62.6. The number of anilines is 1. The Bertz CT molecular complexity index is 1840. The van der Waals surface area contributed by atoms with Gasteiger partial charge < -0.3 is 64.2 Å². The second-order valence-corrected chi connectivity index (χ2v) is 21.5. The number of ether oxygens (including phenoxy) is 6. The fourth-order valence-corrected chi connectivity index (χ4v) is 11.5. The lowest BCUT2D eigenvalue weighted by molar-refractivity contribution is -0.318. The van der Waals surface area contributed by atoms with Crippen LogP contribution >= 0.6 is 0 Å². The molecule has 0 unspecified atom stereocenters. The molecular weight excluding hydrogens is 867 g/mol. The van der Waals surface area contributed by atoms with Gasteiger partial charge in [-0.05, 0) is 105 Å². The summed E-state index contributed by atoms with van der Waals surface area (Å²) in [5.74, 6) is -5.05. The van der Waals surface area contributed by atoms with Crippen LogP contribution in [-0.4, -0.2) is 162 Å². The fourth-order valence-electron chi connectivity index (χ4n) is 10.0. The van der Waals surface area contributed by atoms with Crippen LogP contribution in [0.5, 0.6) is 0 Å². The van der Waals surface area contributed by atoms with Gasteiger partial charge in [0.1, 0.15) is 23.9 Å². The van der Waals surface area contributed by atoms with Gasteiger partial charge in [0.15, 0.2) is 12.6 Å². The quantitative estimate of drug-likeness (QED) is 0.149. The highest BCUT2D eigenvalue weighted by Crippen LogP contribution is 2.42. The summed E-state index contributed by atoms with van der Waals surface area (Å²) in [7, 11) is 0.739. The van der Waals surface area contributed by atoms with Crippen LogP contribution in [0, 0.1) is 23.7 Å². The van der Waals surface area contributed by atoms with Crippen molar-refractivity contribution in [3.8, 4) is 0 Å². The average Bonchev–Trinajstić information content (AvgIpc) is 3.23. The third kappa shape index (κ3) is 12.6. The highest BCUT2D eigenvalue weighted by Gasteiger charge is 2.54. The maximum atomic E-state index is 14.5. The molecule has 19 atom stereocenters. The highest BCUT2D eigenvalue weighted by molar-refractivity contribution is 7.89. The molecule has 3 heterocycles. The van der Waals surface area contributed by atoms with E-state index in [1.807, 2.05) is 25.9 Å². The van der Waals surface area contributed by atoms with Crippen LogP contribution in [0.4, 0.5) is 5.69 Å². The summed E-state index contributed by atoms with van der Waals surface area (Å²) in [6, 6.07) is 3.99. The smallest absolute Gasteiger partial charge is 0.311 e. The molecule has 0 aromatic heterocycles. The van der Waals surface area contributed by atoms with Crippen molar-refractivity contribution >= 4 is 27.6 Å². The topological polar surface area (TPSA) is 252 Å². The van der Waals surface area contributed by atoms with Gasteiger partial charge in [0, 0.05) is 49.6 Å². The Morgan fingerprint density at radius 3 is 2.08 bits per heavy atom. The van der Waals surface area contributed by atoms with Gasteiger partial charge in [-0.2, -0.15) is 0 Å². The minimum atomic E-state index is -4.38. The number of esters is 1. The molecule has 7 N–H and O–H groups in total. The number of nitrogens with one attached hydrogen (secondary N) is 2. The van der Waals surface area contributed by atoms with E-state index < -0.39 is 124 Å². The first-order valence-electron chi connectivity index (χ1n) is 23.0. The van der Waals surface area contributed by atoms with Gasteiger partial charge in [-0.25, -0.2) is 13.1 Å². The van der Waals surface area contributed by atoms with Crippen LogP contribution < -0.4 is 10.0 Å². The van der Waals surface area contributed by atoms with Gasteiger partial charge >= 0.3 is 5.97 Å². The van der Waals surface area contributed by atoms with Crippen LogP contribution in [0.2, 0.25) is 0 Å². The lowest BCUT2D eigenvalue weighted by Crippen LogP contribution is -2.62. The van der Waals surface area contributed by atoms with Crippen molar-refractivity contribution in [3.63, 3.8) is 0 Å². The molecule has 374 valence electrons. The molecule has 1 aromatic rings. The number of hydrogen-bond acceptors (Lipinski definition) is 16. The van der Waals surface area contributed by atoms with Gasteiger partial charge in [0.25, 0.3) is 0 Å². The van der Waals surface area contributed by atoms with E-state index in [-0.39, 0.29) is 42.6 Å². The first kappa shape index (κ1) is 55.2. The molecule has 1 amide bonds. The average molecular weight is 946 g/mol. The Labute approximate surface area is 386 Å². The van der Waals surface area contributed by atoms with Crippen LogP contribution in [-0.2, 0) is 48.0 Å². The zero-order valence-electron chi connectivity index (χ0n) is 40.8. The van der Waals surface area contributed by atoms with Gasteiger partial charge in [-0.15, -0.1) is 0 Å². The Kier molecular flexibility index (Phi) is 18.6. The monoisotopic (exact) mass is 946 g/mol. The number of nitrogens with zero attached hydrogens (tertiary/aromatic N) is 1. The normalized spacial score (nSPS) is 42.8. The van der Waals surface area contributed by atoms with E-state index in [0.717, 1.165) is 0 Å². The number of cyclic esters (lactones) is 1. The molecule has 0 spiro atoms. The number of carbonyl (C=O) groups excluding carboxylic acids is 2. The van der Waals surface area contributed by atoms with Gasteiger partial charge in [0.2, 0.25) is 15.9 Å². The highest BCUT2D eigenvalue weighted by atomic mass is 32.2. The molecule has 3 fully saturated rings. The number of carbonyl (C=O) groups is 2. The maximum absolute atomic E-state index is 14.5. The molecule has 0 aliphatic carbocycles. The van der Waals surface area contributed by atoms with E-state index in [1.165, 1.54) is 45.2 Å². The van der Waals surface area contributed by atoms with Gasteiger partial charge in [0.05, 0.1) is 52.5 Å². The largest absolute Gasteiger partial charge is 0.459 e. The summed E-state index contributed by atoms with van der Waals surface area (Å²) in [6.07, 6.45) is -10.6. The zero-order valence-corrected chi connectivity index (χ0v) is 41.6. The molecule has 18 nitrogen and oxygen atoms in total. The molecule has 0 bridgehead atoms. The van der Waals surface area contributed by atoms with E-state index in [2.05, 4.69) is 10.0 Å². The summed E-state index contributed by atoms with van der Waals surface area (Å²) >= 11 is 0. The van der Waals surface area contributed by atoms with Gasteiger partial charge in [-0.1, -0.05) is 34.6 Å². The number of sulfonamides is 1. The number of methoxy groups -OCH3 is 1. The van der Waals surface area contributed by atoms with Crippen molar-refractivity contribution < 1.29 is 72.0 Å². The second kappa shape index (κ2) is 21.9. The number of likely N-dealkylation sites (N-methyl/N-ethyl adjacent to an activating group) is 1. The number of benzene rings is 1. The molecule has 0 radical (unpaired) electrons. The Morgan fingerprint density at radius 1 is 0.908 bits per heavy atom. The lowest BCUT2D eigenvalue weighted by Gasteiger charge is -2.49. The van der Waals surface area contributed by atoms with Crippen LogP contribution in [0.3, 0.4) is 0 Å². The van der Waals surface area contributed by atoms with E-state index in [0.29, 0.717) is 12.1 Å². The number of aliphatic hydroxyl groups is 5. The van der Waals surface area contributed by atoms with Crippen LogP contribution in [0.25, 0.3) is 0 Å². The Hall–Kier alpha value is -2.37. The molecule has 3 saturated heterocycles. The third-order valence-corrected chi connectivity index (χ3v) is 15.6. The van der Waals surface area contributed by atoms with Crippen molar-refractivity contribution in [2.24, 2.45) is 23.7 Å². The summed E-state index contributed by atoms with van der Waals surface area (Å²) in [4.78, 5) is 28.2. The molecule has 0 saturated carbocycles. The molecule has 3 aliphatic rings. The first-order chi connectivity index (χ1) is 30.0. The van der Waals surface area contributed by atoms with E-state index in [1.54, 1.807) is 55.4 Å². The Balaban J connectivity index is 1.89. The second-order valence-electron chi connectivity index (χ2n) is 19.8. The molecule has 65 heavy (non-hydrogen) atoms. The number of amides is 1. The molecular formula is C46H79N3O15S. The van der Waals surface area contributed by atoms with Crippen LogP contribution in [0.15, 0.2) is 29.2 Å². The number of aliphatic hydroxyl groups excluding tert-OH is 3. The molecule has 1 aromatic carbocycles. The minimum Gasteiger partial charge on any atom is -0.459 e. The molecule has 4 rings (SSSR count). The molecule has 19 heteroatoms. The van der Waals surface area contributed by atoms with Crippen LogP contribution in [0.1, 0.15) is 108 Å². The third-order valence-electron chi connectivity index (χ3n) is 14.2. The number of rotatable bonds is 12. The fraction of sp³-hybridized carbons (Fsp3) is 0.826. The summed E-state index contributed by atoms with van der Waals surface area (Å²) in [5.41, 5.74) is -4.77. The predicted octanol–water partition coefficient (Wildman–Crippen LogP) is 2.91. The number of hydrogen-bond donors (Lipinski definition) is 7. The summed E-state index contributed by atoms with van der Waals surface area (Å²) < 4.78 is 69.0. The lowest BCUT2D eigenvalue weighted by atomic mass is 9.72. The van der Waals surface area contributed by atoms with Crippen molar-refractivity contribution in [3.05, 3.63) is 24.3 Å². The van der Waals surface area contributed by atoms with Gasteiger partial charge in [-0.3, -0.25) is 9.59 Å². The van der Waals surface area contributed by atoms with E-state index in [9.17, 15) is 43.5 Å². The van der Waals surface area contributed by atoms with E-state index in [4.69, 9.17) is 28.4 Å². The standard InChI is InChI=1S/C46H79N3O15S/c1-15-33-46(11,56)39(52)26(5)36(48-65(57,58)31-19-17-30(18-20-31)47-34(50)16-2)24(3)22-44(9,55)41(64-43-37(51)32(49(12)13)21-25(4)60-43)27(6)38(28(7)42(54)62-33)63-35-23-45(10,59-14)40(53)29(8)61-35/h17-20,24-29,32-33,35-41,43,48,51-53,55-56H,15-16,21-23H2,1-14H3,(H,47,50)/t24-,25-,26+,27-,28-,29+,32+,33-,35+,36+,37-,38+,39+,40+,41-,43+,44-,45-,46-/m1/s1. The van der Waals surface area contributed by atoms with E-state index >= 15 is 0 Å².